The van der Waals surface area contributed by atoms with E-state index in [-0.39, 0.29) is 24.3 Å². The molecule has 0 aliphatic carbocycles. The van der Waals surface area contributed by atoms with Crippen molar-refractivity contribution in [3.63, 3.8) is 0 Å². The molecule has 0 bridgehead atoms. The van der Waals surface area contributed by atoms with E-state index < -0.39 is 24.2 Å². The first kappa shape index (κ1) is 38.0. The Balaban J connectivity index is 1.39. The molecule has 12 heteroatoms. The molecule has 0 aliphatic heterocycles. The van der Waals surface area contributed by atoms with Gasteiger partial charge in [0.05, 0.1) is 34.4 Å². The lowest BCUT2D eigenvalue weighted by atomic mass is 10.1. The quantitative estimate of drug-likeness (QED) is 0.0494. The number of hydrogen-bond acceptors (Lipinski definition) is 12. The molecule has 254 valence electrons. The molecule has 12 nitrogen and oxygen atoms in total. The van der Waals surface area contributed by atoms with E-state index in [0.29, 0.717) is 12.8 Å². The summed E-state index contributed by atoms with van der Waals surface area (Å²) in [6.45, 7) is 4.50. The molecule has 2 rings (SSSR count). The summed E-state index contributed by atoms with van der Waals surface area (Å²) in [6, 6.07) is 13.9. The summed E-state index contributed by atoms with van der Waals surface area (Å²) in [5, 5.41) is 8.48. The first-order valence-corrected chi connectivity index (χ1v) is 16.0. The maximum atomic E-state index is 12.0. The highest BCUT2D eigenvalue weighted by Crippen LogP contribution is 2.12. The van der Waals surface area contributed by atoms with Crippen LogP contribution in [0, 0.1) is 0 Å². The fourth-order valence-electron chi connectivity index (χ4n) is 4.29. The van der Waals surface area contributed by atoms with Crippen LogP contribution in [-0.2, 0) is 51.9 Å². The van der Waals surface area contributed by atoms with Crippen molar-refractivity contribution in [2.75, 3.05) is 13.2 Å². The zero-order valence-electron chi connectivity index (χ0n) is 26.8. The molecule has 0 saturated heterocycles. The first-order chi connectivity index (χ1) is 22.4. The normalized spacial score (nSPS) is 10.6. The molecule has 2 aromatic rings. The van der Waals surface area contributed by atoms with Crippen LogP contribution >= 0.6 is 0 Å². The van der Waals surface area contributed by atoms with Gasteiger partial charge in [0.25, 0.3) is 0 Å². The molecular weight excluding hydrogens is 600 g/mol. The second-order valence-electron chi connectivity index (χ2n) is 10.7. The van der Waals surface area contributed by atoms with Crippen LogP contribution in [0.3, 0.4) is 0 Å². The molecule has 0 aliphatic rings. The minimum atomic E-state index is -1.12. The highest BCUT2D eigenvalue weighted by molar-refractivity contribution is 5.89. The second kappa shape index (κ2) is 24.1. The van der Waals surface area contributed by atoms with Crippen molar-refractivity contribution in [2.24, 2.45) is 0 Å². The van der Waals surface area contributed by atoms with Gasteiger partial charge in [0.2, 0.25) is 0 Å². The summed E-state index contributed by atoms with van der Waals surface area (Å²) in [5.74, 6) is -1.58. The third-order valence-corrected chi connectivity index (χ3v) is 6.92. The second-order valence-corrected chi connectivity index (χ2v) is 10.7. The molecule has 46 heavy (non-hydrogen) atoms. The van der Waals surface area contributed by atoms with Crippen LogP contribution in [0.4, 0.5) is 9.59 Å². The standard InChI is InChI=1S/C34H46O12/c1-3-5-11-15-27-17-21-29(22-18-27)31(35)41-45-43-33(37)39-25-13-9-7-8-10-14-26-40-34(38)44-46-42-32(36)30-23-19-28(20-24-30)16-12-6-4-2/h17-24H,3-16,25-26H2,1-2H3. The van der Waals surface area contributed by atoms with Gasteiger partial charge in [0.1, 0.15) is 0 Å². The van der Waals surface area contributed by atoms with Gasteiger partial charge in [-0.1, -0.05) is 89.5 Å². The number of unbranched alkanes of at least 4 members (excludes halogenated alkanes) is 9. The fraction of sp³-hybridized carbons (Fsp3) is 0.529. The summed E-state index contributed by atoms with van der Waals surface area (Å²) < 4.78 is 9.73. The maximum absolute atomic E-state index is 12.0. The molecule has 0 spiro atoms. The molecule has 0 aromatic heterocycles. The van der Waals surface area contributed by atoms with Gasteiger partial charge in [-0.3, -0.25) is 9.78 Å². The molecule has 0 N–H and O–H groups in total. The number of ether oxygens (including phenoxy) is 2. The Morgan fingerprint density at radius 3 is 1.20 bits per heavy atom. The van der Waals surface area contributed by atoms with E-state index in [9.17, 15) is 19.2 Å². The highest BCUT2D eigenvalue weighted by Gasteiger charge is 2.13. The molecule has 0 unspecified atom stereocenters. The van der Waals surface area contributed by atoms with Gasteiger partial charge < -0.3 is 9.47 Å². The number of carbonyl (C=O) groups excluding carboxylic acids is 4. The molecule has 0 atom stereocenters. The smallest absolute Gasteiger partial charge is 0.432 e. The summed E-state index contributed by atoms with van der Waals surface area (Å²) >= 11 is 0. The van der Waals surface area contributed by atoms with Crippen molar-refractivity contribution in [3.8, 4) is 0 Å². The van der Waals surface area contributed by atoms with E-state index in [2.05, 4.69) is 43.5 Å². The number of benzene rings is 2. The molecule has 0 radical (unpaired) electrons. The van der Waals surface area contributed by atoms with Crippen molar-refractivity contribution in [1.82, 2.24) is 0 Å². The average Bonchev–Trinajstić information content (AvgIpc) is 3.06. The number of rotatable bonds is 23. The third-order valence-electron chi connectivity index (χ3n) is 6.92. The molecule has 0 heterocycles. The summed E-state index contributed by atoms with van der Waals surface area (Å²) in [7, 11) is 0. The average molecular weight is 647 g/mol. The van der Waals surface area contributed by atoms with Crippen molar-refractivity contribution >= 4 is 24.2 Å². The van der Waals surface area contributed by atoms with E-state index in [1.807, 2.05) is 24.3 Å². The minimum Gasteiger partial charge on any atom is -0.432 e. The van der Waals surface area contributed by atoms with Crippen LogP contribution in [0.2, 0.25) is 0 Å². The Hall–Kier alpha value is -4.16. The van der Waals surface area contributed by atoms with Gasteiger partial charge in [-0.25, -0.2) is 29.0 Å². The largest absolute Gasteiger partial charge is 0.543 e. The summed E-state index contributed by atoms with van der Waals surface area (Å²) in [4.78, 5) is 64.6. The van der Waals surface area contributed by atoms with Crippen LogP contribution < -0.4 is 0 Å². The van der Waals surface area contributed by atoms with E-state index in [1.165, 1.54) is 0 Å². The van der Waals surface area contributed by atoms with Gasteiger partial charge >= 0.3 is 24.2 Å². The topological polar surface area (TPSA) is 142 Å². The predicted octanol–water partition coefficient (Wildman–Crippen LogP) is 8.51. The van der Waals surface area contributed by atoms with Crippen molar-refractivity contribution in [3.05, 3.63) is 70.8 Å². The lowest BCUT2D eigenvalue weighted by Crippen LogP contribution is -2.13. The van der Waals surface area contributed by atoms with Crippen molar-refractivity contribution in [1.29, 1.82) is 0 Å². The third kappa shape index (κ3) is 17.4. The van der Waals surface area contributed by atoms with Gasteiger partial charge in [0, 0.05) is 0 Å². The lowest BCUT2D eigenvalue weighted by molar-refractivity contribution is -0.452. The Labute approximate surface area is 270 Å². The zero-order chi connectivity index (χ0) is 33.2. The predicted molar refractivity (Wildman–Crippen MR) is 165 cm³/mol. The first-order valence-electron chi connectivity index (χ1n) is 16.0. The van der Waals surface area contributed by atoms with E-state index in [0.717, 1.165) is 88.2 Å². The van der Waals surface area contributed by atoms with Crippen LogP contribution in [0.25, 0.3) is 0 Å². The molecule has 0 saturated carbocycles. The van der Waals surface area contributed by atoms with Crippen molar-refractivity contribution in [2.45, 2.75) is 104 Å². The maximum Gasteiger partial charge on any atom is 0.543 e. The Bertz CT molecular complexity index is 1060. The Morgan fingerprint density at radius 2 is 0.826 bits per heavy atom. The van der Waals surface area contributed by atoms with Crippen LogP contribution in [-0.4, -0.2) is 37.5 Å². The monoisotopic (exact) mass is 646 g/mol. The fourth-order valence-corrected chi connectivity index (χ4v) is 4.29. The van der Waals surface area contributed by atoms with Gasteiger partial charge in [0.15, 0.2) is 0 Å². The Morgan fingerprint density at radius 1 is 0.457 bits per heavy atom. The number of hydrogen-bond donors (Lipinski definition) is 0. The van der Waals surface area contributed by atoms with Crippen LogP contribution in [0.15, 0.2) is 48.5 Å². The zero-order valence-corrected chi connectivity index (χ0v) is 26.8. The molecule has 0 amide bonds. The summed E-state index contributed by atoms with van der Waals surface area (Å²) in [6.07, 6.45) is 10.9. The highest BCUT2D eigenvalue weighted by atomic mass is 17.5. The van der Waals surface area contributed by atoms with E-state index >= 15 is 0 Å². The van der Waals surface area contributed by atoms with Crippen molar-refractivity contribution < 1.29 is 58.3 Å². The lowest BCUT2D eigenvalue weighted by Gasteiger charge is -2.06. The van der Waals surface area contributed by atoms with Gasteiger partial charge in [-0.05, 0) is 73.9 Å². The SMILES string of the molecule is CCCCCc1ccc(C(=O)OOOC(=O)OCCCCCCCCOC(=O)OOOC(=O)c2ccc(CCCCC)cc2)cc1. The van der Waals surface area contributed by atoms with Gasteiger partial charge in [-0.15, -0.1) is 0 Å². The van der Waals surface area contributed by atoms with Gasteiger partial charge in [-0.2, -0.15) is 0 Å². The molecule has 0 fully saturated rings. The Kier molecular flexibility index (Phi) is 19.9. The van der Waals surface area contributed by atoms with Crippen LogP contribution in [0.5, 0.6) is 0 Å². The van der Waals surface area contributed by atoms with E-state index in [1.54, 1.807) is 24.3 Å². The number of carbonyl (C=O) groups is 4. The van der Waals surface area contributed by atoms with E-state index in [4.69, 9.17) is 9.47 Å². The number of aryl methyl sites for hydroxylation is 2. The summed E-state index contributed by atoms with van der Waals surface area (Å²) in [5.41, 5.74) is 2.79. The molecule has 2 aromatic carbocycles. The van der Waals surface area contributed by atoms with Crippen LogP contribution in [0.1, 0.15) is 123 Å². The molecular formula is C34H46O12. The minimum absolute atomic E-state index is 0.111.